The topological polar surface area (TPSA) is 77.0 Å². The van der Waals surface area contributed by atoms with Crippen LogP contribution in [0.5, 0.6) is 0 Å². The molecule has 0 aliphatic carbocycles. The molecule has 3 heterocycles. The van der Waals surface area contributed by atoms with E-state index in [4.69, 9.17) is 4.52 Å². The van der Waals surface area contributed by atoms with Gasteiger partial charge in [-0.3, -0.25) is 9.48 Å². The second-order valence-electron chi connectivity index (χ2n) is 5.72. The summed E-state index contributed by atoms with van der Waals surface area (Å²) in [6.45, 7) is 3.63. The Morgan fingerprint density at radius 3 is 3.04 bits per heavy atom. The molecule has 1 aliphatic rings. The summed E-state index contributed by atoms with van der Waals surface area (Å²) in [4.78, 5) is 17.5. The van der Waals surface area contributed by atoms with Gasteiger partial charge in [0.2, 0.25) is 0 Å². The normalized spacial score (nSPS) is 13.8. The number of nitrogens with zero attached hydrogens (tertiary/aromatic N) is 5. The molecule has 0 N–H and O–H groups in total. The van der Waals surface area contributed by atoms with Gasteiger partial charge in [-0.2, -0.15) is 10.1 Å². The largest absolute Gasteiger partial charge is 0.330 e. The number of fused-ring (bicyclic) bond motifs is 1. The number of anilines is 2. The first-order valence-electron chi connectivity index (χ1n) is 8.01. The van der Waals surface area contributed by atoms with Crippen LogP contribution in [0.25, 0.3) is 11.6 Å². The van der Waals surface area contributed by atoms with Gasteiger partial charge < -0.3 is 9.42 Å². The summed E-state index contributed by atoms with van der Waals surface area (Å²) in [5, 5.41) is 8.50. The number of carbonyl (C=O) groups excluding carboxylic acids is 1. The highest BCUT2D eigenvalue weighted by molar-refractivity contribution is 5.78. The average molecular weight is 323 g/mol. The van der Waals surface area contributed by atoms with Gasteiger partial charge in [0.05, 0.1) is 0 Å². The first-order chi connectivity index (χ1) is 11.8. The van der Waals surface area contributed by atoms with Crippen molar-refractivity contribution in [2.45, 2.75) is 26.3 Å². The Hall–Kier alpha value is -2.96. The Kier molecular flexibility index (Phi) is 3.60. The highest BCUT2D eigenvalue weighted by Gasteiger charge is 2.23. The van der Waals surface area contributed by atoms with Crippen LogP contribution in [0.2, 0.25) is 0 Å². The Morgan fingerprint density at radius 2 is 2.25 bits per heavy atom. The van der Waals surface area contributed by atoms with Crippen LogP contribution in [-0.4, -0.2) is 32.8 Å². The SMILES string of the molecule is CCn1ccc(-c2nc(N3CCCc4cc(C=O)ccc43)no2)n1. The predicted octanol–water partition coefficient (Wildman–Crippen LogP) is 2.85. The predicted molar refractivity (Wildman–Crippen MR) is 88.3 cm³/mol. The van der Waals surface area contributed by atoms with Crippen molar-refractivity contribution >= 4 is 17.9 Å². The van der Waals surface area contributed by atoms with E-state index >= 15 is 0 Å². The summed E-state index contributed by atoms with van der Waals surface area (Å²) in [7, 11) is 0. The maximum absolute atomic E-state index is 11.0. The number of rotatable bonds is 4. The van der Waals surface area contributed by atoms with Gasteiger partial charge in [0.25, 0.3) is 11.8 Å². The van der Waals surface area contributed by atoms with Gasteiger partial charge in [0.15, 0.2) is 5.69 Å². The molecule has 0 unspecified atom stereocenters. The second kappa shape index (κ2) is 5.92. The molecule has 24 heavy (non-hydrogen) atoms. The molecule has 0 atom stereocenters. The molecule has 0 fully saturated rings. The molecular formula is C17H17N5O2. The number of benzene rings is 1. The molecular weight excluding hydrogens is 306 g/mol. The summed E-state index contributed by atoms with van der Waals surface area (Å²) in [6, 6.07) is 7.55. The Balaban J connectivity index is 1.67. The standard InChI is InChI=1S/C17H17N5O2/c1-2-21-9-7-14(19-21)16-18-17(20-24-16)22-8-3-4-13-10-12(11-23)5-6-15(13)22/h5-7,9-11H,2-4,8H2,1H3. The highest BCUT2D eigenvalue weighted by atomic mass is 16.5. The van der Waals surface area contributed by atoms with Crippen molar-refractivity contribution in [2.75, 3.05) is 11.4 Å². The maximum atomic E-state index is 11.0. The first-order valence-corrected chi connectivity index (χ1v) is 8.01. The molecule has 1 aliphatic heterocycles. The third kappa shape index (κ3) is 2.47. The smallest absolute Gasteiger partial charge is 0.280 e. The third-order valence-electron chi connectivity index (χ3n) is 4.20. The van der Waals surface area contributed by atoms with Crippen molar-refractivity contribution in [3.05, 3.63) is 41.6 Å². The molecule has 3 aromatic rings. The van der Waals surface area contributed by atoms with Crippen LogP contribution in [0.1, 0.15) is 29.3 Å². The lowest BCUT2D eigenvalue weighted by Gasteiger charge is -2.28. The number of aryl methyl sites for hydroxylation is 2. The van der Waals surface area contributed by atoms with Crippen LogP contribution in [-0.2, 0) is 13.0 Å². The van der Waals surface area contributed by atoms with Crippen LogP contribution in [0.4, 0.5) is 11.6 Å². The average Bonchev–Trinajstić information content (AvgIpc) is 3.29. The molecule has 0 saturated carbocycles. The molecule has 0 spiro atoms. The van der Waals surface area contributed by atoms with Crippen LogP contribution >= 0.6 is 0 Å². The number of aldehydes is 1. The van der Waals surface area contributed by atoms with Gasteiger partial charge in [0, 0.05) is 30.5 Å². The molecule has 7 heteroatoms. The molecule has 4 rings (SSSR count). The van der Waals surface area contributed by atoms with Crippen LogP contribution in [0.3, 0.4) is 0 Å². The minimum Gasteiger partial charge on any atom is -0.330 e. The van der Waals surface area contributed by atoms with Gasteiger partial charge in [-0.05, 0) is 54.8 Å². The lowest BCUT2D eigenvalue weighted by Crippen LogP contribution is -2.25. The van der Waals surface area contributed by atoms with E-state index in [-0.39, 0.29) is 0 Å². The highest BCUT2D eigenvalue weighted by Crippen LogP contribution is 2.33. The van der Waals surface area contributed by atoms with Crippen molar-refractivity contribution in [3.8, 4) is 11.6 Å². The van der Waals surface area contributed by atoms with E-state index in [1.807, 2.05) is 47.0 Å². The molecule has 0 radical (unpaired) electrons. The molecule has 2 aromatic heterocycles. The minimum atomic E-state index is 0.411. The molecule has 122 valence electrons. The van der Waals surface area contributed by atoms with E-state index in [1.165, 1.54) is 0 Å². The van der Waals surface area contributed by atoms with Crippen LogP contribution in [0, 0.1) is 0 Å². The summed E-state index contributed by atoms with van der Waals surface area (Å²) in [6.07, 6.45) is 4.68. The monoisotopic (exact) mass is 323 g/mol. The second-order valence-corrected chi connectivity index (χ2v) is 5.72. The lowest BCUT2D eigenvalue weighted by molar-refractivity contribution is 0.112. The van der Waals surface area contributed by atoms with Crippen molar-refractivity contribution in [3.63, 3.8) is 0 Å². The summed E-state index contributed by atoms with van der Waals surface area (Å²) >= 11 is 0. The van der Waals surface area contributed by atoms with Crippen molar-refractivity contribution < 1.29 is 9.32 Å². The van der Waals surface area contributed by atoms with Gasteiger partial charge in [-0.1, -0.05) is 0 Å². The Bertz CT molecular complexity index is 883. The number of carbonyl (C=O) groups is 1. The zero-order valence-corrected chi connectivity index (χ0v) is 13.3. The Labute approximate surface area is 138 Å². The van der Waals surface area contributed by atoms with Crippen LogP contribution in [0.15, 0.2) is 35.0 Å². The molecule has 0 bridgehead atoms. The van der Waals surface area contributed by atoms with Crippen molar-refractivity contribution in [2.24, 2.45) is 0 Å². The van der Waals surface area contributed by atoms with E-state index in [2.05, 4.69) is 15.2 Å². The van der Waals surface area contributed by atoms with Gasteiger partial charge >= 0.3 is 0 Å². The molecule has 0 amide bonds. The van der Waals surface area contributed by atoms with E-state index in [1.54, 1.807) is 0 Å². The number of hydrogen-bond donors (Lipinski definition) is 0. The van der Waals surface area contributed by atoms with E-state index in [0.29, 0.717) is 23.1 Å². The minimum absolute atomic E-state index is 0.411. The van der Waals surface area contributed by atoms with E-state index in [9.17, 15) is 4.79 Å². The fourth-order valence-electron chi connectivity index (χ4n) is 2.98. The fraction of sp³-hybridized carbons (Fsp3) is 0.294. The summed E-state index contributed by atoms with van der Waals surface area (Å²) in [5.41, 5.74) is 3.52. The third-order valence-corrected chi connectivity index (χ3v) is 4.20. The van der Waals surface area contributed by atoms with Gasteiger partial charge in [-0.15, -0.1) is 0 Å². The van der Waals surface area contributed by atoms with Crippen LogP contribution < -0.4 is 4.90 Å². The zero-order valence-electron chi connectivity index (χ0n) is 13.3. The number of aromatic nitrogens is 4. The van der Waals surface area contributed by atoms with Gasteiger partial charge in [-0.25, -0.2) is 0 Å². The lowest BCUT2D eigenvalue weighted by atomic mass is 10.00. The Morgan fingerprint density at radius 1 is 1.33 bits per heavy atom. The fourth-order valence-corrected chi connectivity index (χ4v) is 2.98. The molecule has 7 nitrogen and oxygen atoms in total. The quantitative estimate of drug-likeness (QED) is 0.687. The van der Waals surface area contributed by atoms with E-state index < -0.39 is 0 Å². The maximum Gasteiger partial charge on any atom is 0.280 e. The summed E-state index contributed by atoms with van der Waals surface area (Å²) < 4.78 is 7.20. The molecule has 0 saturated heterocycles. The first kappa shape index (κ1) is 14.6. The summed E-state index contributed by atoms with van der Waals surface area (Å²) in [5.74, 6) is 0.935. The van der Waals surface area contributed by atoms with Crippen molar-refractivity contribution in [1.29, 1.82) is 0 Å². The van der Waals surface area contributed by atoms with Crippen molar-refractivity contribution in [1.82, 2.24) is 19.9 Å². The zero-order chi connectivity index (χ0) is 16.5. The van der Waals surface area contributed by atoms with Gasteiger partial charge in [0.1, 0.15) is 6.29 Å². The number of hydrogen-bond acceptors (Lipinski definition) is 6. The molecule has 1 aromatic carbocycles. The van der Waals surface area contributed by atoms with E-state index in [0.717, 1.165) is 43.5 Å².